The van der Waals surface area contributed by atoms with Crippen LogP contribution in [-0.2, 0) is 11.3 Å². The van der Waals surface area contributed by atoms with E-state index in [9.17, 15) is 4.79 Å². The number of rotatable bonds is 3. The highest BCUT2D eigenvalue weighted by Gasteiger charge is 2.12. The third-order valence-electron chi connectivity index (χ3n) is 2.82. The zero-order valence-corrected chi connectivity index (χ0v) is 12.2. The number of carbonyl (C=O) groups excluding carboxylic acids is 1. The minimum absolute atomic E-state index is 0.0561. The second-order valence-corrected chi connectivity index (χ2v) is 5.13. The van der Waals surface area contributed by atoms with E-state index >= 15 is 0 Å². The molecule has 0 spiro atoms. The molecule has 106 valence electrons. The van der Waals surface area contributed by atoms with Gasteiger partial charge in [0.2, 0.25) is 0 Å². The van der Waals surface area contributed by atoms with E-state index in [0.29, 0.717) is 5.02 Å². The summed E-state index contributed by atoms with van der Waals surface area (Å²) >= 11 is 11.7. The minimum atomic E-state index is -0.491. The van der Waals surface area contributed by atoms with E-state index in [4.69, 9.17) is 27.9 Å². The first-order valence-electron chi connectivity index (χ1n) is 6.07. The van der Waals surface area contributed by atoms with E-state index in [2.05, 4.69) is 10.3 Å². The molecule has 5 nitrogen and oxygen atoms in total. The van der Waals surface area contributed by atoms with Crippen LogP contribution < -0.4 is 4.74 Å². The highest BCUT2D eigenvalue weighted by Crippen LogP contribution is 2.27. The number of benzene rings is 2. The highest BCUT2D eigenvalue weighted by molar-refractivity contribution is 6.35. The van der Waals surface area contributed by atoms with Gasteiger partial charge in [0.1, 0.15) is 17.8 Å². The van der Waals surface area contributed by atoms with E-state index in [1.807, 2.05) is 24.3 Å². The number of carbonyl (C=O) groups is 1. The first-order chi connectivity index (χ1) is 10.1. The van der Waals surface area contributed by atoms with E-state index in [1.165, 1.54) is 10.7 Å². The van der Waals surface area contributed by atoms with Gasteiger partial charge in [0, 0.05) is 5.02 Å². The van der Waals surface area contributed by atoms with E-state index in [0.717, 1.165) is 11.0 Å². The molecule has 0 aliphatic rings. The van der Waals surface area contributed by atoms with Crippen LogP contribution in [0, 0.1) is 0 Å². The Bertz CT molecular complexity index is 817. The molecular weight excluding hydrogens is 313 g/mol. The lowest BCUT2D eigenvalue weighted by Crippen LogP contribution is -2.17. The average Bonchev–Trinajstić information content (AvgIpc) is 2.85. The molecule has 1 heterocycles. The predicted octanol–water partition coefficient (Wildman–Crippen LogP) is 3.34. The molecule has 1 aromatic heterocycles. The Kier molecular flexibility index (Phi) is 3.77. The zero-order valence-electron chi connectivity index (χ0n) is 10.7. The Labute approximate surface area is 130 Å². The van der Waals surface area contributed by atoms with Crippen molar-refractivity contribution in [2.45, 2.75) is 6.54 Å². The van der Waals surface area contributed by atoms with Crippen molar-refractivity contribution in [2.24, 2.45) is 0 Å². The van der Waals surface area contributed by atoms with Crippen molar-refractivity contribution in [3.05, 3.63) is 52.5 Å². The molecule has 0 radical (unpaired) electrons. The van der Waals surface area contributed by atoms with Crippen molar-refractivity contribution in [1.82, 2.24) is 15.0 Å². The molecule has 3 rings (SSSR count). The van der Waals surface area contributed by atoms with Crippen LogP contribution in [0.1, 0.15) is 0 Å². The van der Waals surface area contributed by atoms with Gasteiger partial charge in [-0.15, -0.1) is 5.10 Å². The maximum atomic E-state index is 12.0. The molecule has 3 aromatic rings. The average molecular weight is 322 g/mol. The fourth-order valence-electron chi connectivity index (χ4n) is 1.87. The van der Waals surface area contributed by atoms with Crippen LogP contribution in [0.25, 0.3) is 11.0 Å². The second-order valence-electron chi connectivity index (χ2n) is 4.28. The number of para-hydroxylation sites is 1. The van der Waals surface area contributed by atoms with Crippen LogP contribution in [0.2, 0.25) is 10.0 Å². The number of nitrogens with zero attached hydrogens (tertiary/aromatic N) is 3. The predicted molar refractivity (Wildman–Crippen MR) is 79.6 cm³/mol. The van der Waals surface area contributed by atoms with Crippen LogP contribution in [0.4, 0.5) is 0 Å². The zero-order chi connectivity index (χ0) is 14.8. The Morgan fingerprint density at radius 3 is 2.81 bits per heavy atom. The maximum absolute atomic E-state index is 12.0. The van der Waals surface area contributed by atoms with E-state index in [1.54, 1.807) is 12.1 Å². The van der Waals surface area contributed by atoms with Crippen molar-refractivity contribution >= 4 is 40.2 Å². The Hall–Kier alpha value is -2.11. The van der Waals surface area contributed by atoms with Gasteiger partial charge in [-0.1, -0.05) is 40.5 Å². The van der Waals surface area contributed by atoms with Crippen molar-refractivity contribution < 1.29 is 9.53 Å². The first-order valence-corrected chi connectivity index (χ1v) is 6.83. The Balaban J connectivity index is 1.77. The van der Waals surface area contributed by atoms with Gasteiger partial charge in [0.25, 0.3) is 0 Å². The summed E-state index contributed by atoms with van der Waals surface area (Å²) in [6, 6.07) is 12.0. The molecule has 0 atom stereocenters. The van der Waals surface area contributed by atoms with Crippen molar-refractivity contribution in [3.8, 4) is 5.75 Å². The smallest absolute Gasteiger partial charge is 0.333 e. The lowest BCUT2D eigenvalue weighted by molar-refractivity contribution is -0.135. The molecular formula is C14H9Cl2N3O2. The quantitative estimate of drug-likeness (QED) is 0.548. The summed E-state index contributed by atoms with van der Waals surface area (Å²) in [4.78, 5) is 12.0. The van der Waals surface area contributed by atoms with Crippen LogP contribution in [0.3, 0.4) is 0 Å². The largest absolute Gasteiger partial charge is 0.424 e. The van der Waals surface area contributed by atoms with Gasteiger partial charge >= 0.3 is 5.97 Å². The van der Waals surface area contributed by atoms with Gasteiger partial charge in [0.15, 0.2) is 0 Å². The number of hydrogen-bond donors (Lipinski definition) is 0. The Morgan fingerprint density at radius 2 is 2.00 bits per heavy atom. The highest BCUT2D eigenvalue weighted by atomic mass is 35.5. The molecule has 0 unspecified atom stereocenters. The molecule has 0 amide bonds. The summed E-state index contributed by atoms with van der Waals surface area (Å²) in [5.41, 5.74) is 1.48. The topological polar surface area (TPSA) is 57.0 Å². The van der Waals surface area contributed by atoms with Gasteiger partial charge in [-0.2, -0.15) is 0 Å². The first kappa shape index (κ1) is 13.9. The third kappa shape index (κ3) is 2.99. The number of fused-ring (bicyclic) bond motifs is 1. The number of aromatic nitrogens is 3. The lowest BCUT2D eigenvalue weighted by atomic mass is 10.3. The van der Waals surface area contributed by atoms with Crippen LogP contribution in [0.5, 0.6) is 5.75 Å². The summed E-state index contributed by atoms with van der Waals surface area (Å²) in [5.74, 6) is -0.231. The van der Waals surface area contributed by atoms with Gasteiger partial charge in [0.05, 0.1) is 10.5 Å². The SMILES string of the molecule is O=C(Cn1nnc2ccccc21)Oc1ccc(Cl)cc1Cl. The van der Waals surface area contributed by atoms with Crippen LogP contribution in [0.15, 0.2) is 42.5 Å². The molecule has 0 bridgehead atoms. The summed E-state index contributed by atoms with van der Waals surface area (Å²) in [6.07, 6.45) is 0. The molecule has 0 N–H and O–H groups in total. The third-order valence-corrected chi connectivity index (χ3v) is 3.35. The molecule has 0 aliphatic heterocycles. The standard InChI is InChI=1S/C14H9Cl2N3O2/c15-9-5-6-13(10(16)7-9)21-14(20)8-19-12-4-2-1-3-11(12)17-18-19/h1-7H,8H2. The molecule has 7 heteroatoms. The monoisotopic (exact) mass is 321 g/mol. The number of esters is 1. The fourth-order valence-corrected chi connectivity index (χ4v) is 2.32. The molecule has 0 saturated carbocycles. The van der Waals surface area contributed by atoms with Crippen molar-refractivity contribution in [2.75, 3.05) is 0 Å². The van der Waals surface area contributed by atoms with Crippen LogP contribution >= 0.6 is 23.2 Å². The lowest BCUT2D eigenvalue weighted by Gasteiger charge is -2.06. The normalized spacial score (nSPS) is 10.8. The second kappa shape index (κ2) is 5.71. The summed E-state index contributed by atoms with van der Waals surface area (Å²) < 4.78 is 6.68. The summed E-state index contributed by atoms with van der Waals surface area (Å²) in [7, 11) is 0. The minimum Gasteiger partial charge on any atom is -0.424 e. The van der Waals surface area contributed by atoms with Gasteiger partial charge in [-0.25, -0.2) is 9.48 Å². The molecule has 21 heavy (non-hydrogen) atoms. The van der Waals surface area contributed by atoms with Gasteiger partial charge in [-0.05, 0) is 30.3 Å². The van der Waals surface area contributed by atoms with E-state index in [-0.39, 0.29) is 17.3 Å². The molecule has 0 saturated heterocycles. The molecule has 2 aromatic carbocycles. The maximum Gasteiger partial charge on any atom is 0.333 e. The van der Waals surface area contributed by atoms with Gasteiger partial charge < -0.3 is 4.74 Å². The fraction of sp³-hybridized carbons (Fsp3) is 0.0714. The summed E-state index contributed by atoms with van der Waals surface area (Å²) in [6.45, 7) is -0.0561. The van der Waals surface area contributed by atoms with E-state index < -0.39 is 5.97 Å². The summed E-state index contributed by atoms with van der Waals surface area (Å²) in [5, 5.41) is 8.65. The van der Waals surface area contributed by atoms with Crippen molar-refractivity contribution in [3.63, 3.8) is 0 Å². The number of ether oxygens (including phenoxy) is 1. The molecule has 0 fully saturated rings. The number of hydrogen-bond acceptors (Lipinski definition) is 4. The van der Waals surface area contributed by atoms with Gasteiger partial charge in [-0.3, -0.25) is 0 Å². The van der Waals surface area contributed by atoms with Crippen LogP contribution in [-0.4, -0.2) is 21.0 Å². The molecule has 0 aliphatic carbocycles. The number of halogens is 2. The van der Waals surface area contributed by atoms with Crippen molar-refractivity contribution in [1.29, 1.82) is 0 Å². The Morgan fingerprint density at radius 1 is 1.19 bits per heavy atom.